The van der Waals surface area contributed by atoms with Crippen molar-refractivity contribution in [1.29, 1.82) is 0 Å². The number of hydrogen-bond acceptors (Lipinski definition) is 6. The van der Waals surface area contributed by atoms with Gasteiger partial charge in [-0.1, -0.05) is 239 Å². The Balaban J connectivity index is 4.36. The molecule has 0 saturated heterocycles. The molecule has 0 bridgehead atoms. The smallest absolute Gasteiger partial charge is 0.306 e. The largest absolute Gasteiger partial charge is 0.462 e. The SMILES string of the molecule is CC/C=C\C/C=C\C/C=C\C/C=C\CCCCCCCCCCCCCCC(=O)OCC(COC(=O)CC/C=C\C/C=C\C/C=C\C/C=C\CC)OC(=O)CCCCCCC/C=C\C/C=C\CCCC. The molecule has 0 saturated carbocycles. The third-order valence-electron chi connectivity index (χ3n) is 11.7. The molecule has 70 heavy (non-hydrogen) atoms. The van der Waals surface area contributed by atoms with E-state index in [0.29, 0.717) is 19.3 Å². The number of ether oxygens (including phenoxy) is 3. The predicted octanol–water partition coefficient (Wildman–Crippen LogP) is 19.3. The number of hydrogen-bond donors (Lipinski definition) is 0. The van der Waals surface area contributed by atoms with Crippen molar-refractivity contribution in [2.24, 2.45) is 0 Å². The molecule has 0 aliphatic carbocycles. The Morgan fingerprint density at radius 1 is 0.300 bits per heavy atom. The van der Waals surface area contributed by atoms with Crippen molar-refractivity contribution in [3.05, 3.63) is 122 Å². The van der Waals surface area contributed by atoms with Gasteiger partial charge in [-0.3, -0.25) is 14.4 Å². The summed E-state index contributed by atoms with van der Waals surface area (Å²) in [6, 6.07) is 0. The van der Waals surface area contributed by atoms with E-state index in [0.717, 1.165) is 116 Å². The van der Waals surface area contributed by atoms with E-state index in [2.05, 4.69) is 130 Å². The minimum atomic E-state index is -0.817. The van der Waals surface area contributed by atoms with Crippen LogP contribution in [0.4, 0.5) is 0 Å². The zero-order valence-corrected chi connectivity index (χ0v) is 45.2. The van der Waals surface area contributed by atoms with Crippen molar-refractivity contribution in [1.82, 2.24) is 0 Å². The van der Waals surface area contributed by atoms with E-state index in [9.17, 15) is 14.4 Å². The van der Waals surface area contributed by atoms with E-state index in [4.69, 9.17) is 14.2 Å². The average molecular weight is 970 g/mol. The van der Waals surface area contributed by atoms with Crippen LogP contribution in [0.25, 0.3) is 0 Å². The van der Waals surface area contributed by atoms with Crippen molar-refractivity contribution in [2.75, 3.05) is 13.2 Å². The van der Waals surface area contributed by atoms with Crippen molar-refractivity contribution in [2.45, 2.75) is 252 Å². The summed E-state index contributed by atoms with van der Waals surface area (Å²) < 4.78 is 16.8. The van der Waals surface area contributed by atoms with Gasteiger partial charge in [-0.05, 0) is 109 Å². The highest BCUT2D eigenvalue weighted by molar-refractivity contribution is 5.71. The molecule has 0 amide bonds. The van der Waals surface area contributed by atoms with Gasteiger partial charge in [-0.2, -0.15) is 0 Å². The first-order valence-electron chi connectivity index (χ1n) is 28.5. The lowest BCUT2D eigenvalue weighted by Gasteiger charge is -2.18. The zero-order chi connectivity index (χ0) is 50.7. The molecule has 0 radical (unpaired) electrons. The van der Waals surface area contributed by atoms with Gasteiger partial charge in [-0.25, -0.2) is 0 Å². The highest BCUT2D eigenvalue weighted by atomic mass is 16.6. The van der Waals surface area contributed by atoms with Crippen LogP contribution < -0.4 is 0 Å². The van der Waals surface area contributed by atoms with Gasteiger partial charge in [0.05, 0.1) is 0 Å². The lowest BCUT2D eigenvalue weighted by atomic mass is 10.0. The Morgan fingerprint density at radius 3 is 0.957 bits per heavy atom. The molecule has 0 fully saturated rings. The Kier molecular flexibility index (Phi) is 54.0. The molecule has 1 unspecified atom stereocenters. The summed E-state index contributed by atoms with van der Waals surface area (Å²) >= 11 is 0. The Hall–Kier alpha value is -4.19. The standard InChI is InChI=1S/C64H104O6/c1-4-7-10-13-16-19-22-25-27-28-29-30-31-32-33-34-35-36-37-40-42-45-48-51-54-57-63(66)69-60-61(59-68-62(65)56-53-50-47-44-41-38-24-21-18-15-12-9-6-3)70-64(67)58-55-52-49-46-43-39-26-23-20-17-14-11-8-5-2/h7,9-10,12,14,16-19,21,23,25-27,29-30,38,41,47,50,61H,4-6,8,11,13,15,20,22,24,28,31-37,39-40,42-46,48-49,51-60H2,1-3H3/b10-7-,12-9-,17-14-,19-16-,21-18-,26-23-,27-25-,30-29-,41-38-,50-47-. The molecule has 0 aromatic heterocycles. The molecule has 6 nitrogen and oxygen atoms in total. The van der Waals surface area contributed by atoms with E-state index in [1.165, 1.54) is 83.5 Å². The highest BCUT2D eigenvalue weighted by Gasteiger charge is 2.19. The number of carbonyl (C=O) groups is 3. The van der Waals surface area contributed by atoms with Crippen LogP contribution in [-0.4, -0.2) is 37.2 Å². The summed E-state index contributed by atoms with van der Waals surface area (Å²) in [5.41, 5.74) is 0. The van der Waals surface area contributed by atoms with Gasteiger partial charge in [0, 0.05) is 19.3 Å². The van der Waals surface area contributed by atoms with Crippen LogP contribution in [0.2, 0.25) is 0 Å². The van der Waals surface area contributed by atoms with Crippen LogP contribution in [0.1, 0.15) is 245 Å². The minimum absolute atomic E-state index is 0.109. The lowest BCUT2D eigenvalue weighted by Crippen LogP contribution is -2.30. The first-order chi connectivity index (χ1) is 34.5. The maximum absolute atomic E-state index is 12.8. The third-order valence-corrected chi connectivity index (χ3v) is 11.7. The van der Waals surface area contributed by atoms with E-state index in [1.807, 2.05) is 12.2 Å². The monoisotopic (exact) mass is 969 g/mol. The molecule has 0 aliphatic heterocycles. The van der Waals surface area contributed by atoms with E-state index >= 15 is 0 Å². The molecular formula is C64H104O6. The number of esters is 3. The third kappa shape index (κ3) is 54.7. The quantitative estimate of drug-likeness (QED) is 0.0262. The molecular weight excluding hydrogens is 865 g/mol. The molecule has 0 rings (SSSR count). The van der Waals surface area contributed by atoms with Crippen molar-refractivity contribution in [3.63, 3.8) is 0 Å². The van der Waals surface area contributed by atoms with Crippen LogP contribution >= 0.6 is 0 Å². The predicted molar refractivity (Wildman–Crippen MR) is 302 cm³/mol. The normalized spacial score (nSPS) is 13.0. The van der Waals surface area contributed by atoms with E-state index in [-0.39, 0.29) is 37.5 Å². The zero-order valence-electron chi connectivity index (χ0n) is 45.2. The fourth-order valence-electron chi connectivity index (χ4n) is 7.46. The first-order valence-corrected chi connectivity index (χ1v) is 28.5. The number of unbranched alkanes of at least 4 members (excludes halogenated alkanes) is 19. The summed E-state index contributed by atoms with van der Waals surface area (Å²) in [6.45, 7) is 6.29. The molecule has 1 atom stereocenters. The summed E-state index contributed by atoms with van der Waals surface area (Å²) in [7, 11) is 0. The van der Waals surface area contributed by atoms with Gasteiger partial charge >= 0.3 is 17.9 Å². The van der Waals surface area contributed by atoms with Crippen LogP contribution in [-0.2, 0) is 28.6 Å². The molecule has 0 aliphatic rings. The lowest BCUT2D eigenvalue weighted by molar-refractivity contribution is -0.166. The Morgan fingerprint density at radius 2 is 0.586 bits per heavy atom. The second kappa shape index (κ2) is 57.4. The first kappa shape index (κ1) is 65.8. The summed E-state index contributed by atoms with van der Waals surface area (Å²) in [4.78, 5) is 38.1. The topological polar surface area (TPSA) is 78.9 Å². The molecule has 0 heterocycles. The molecule has 0 N–H and O–H groups in total. The van der Waals surface area contributed by atoms with Crippen molar-refractivity contribution in [3.8, 4) is 0 Å². The summed E-state index contributed by atoms with van der Waals surface area (Å²) in [5, 5.41) is 0. The second-order valence-electron chi connectivity index (χ2n) is 18.4. The summed E-state index contributed by atoms with van der Waals surface area (Å²) in [6.07, 6.45) is 79.2. The maximum Gasteiger partial charge on any atom is 0.306 e. The fourth-order valence-corrected chi connectivity index (χ4v) is 7.46. The molecule has 0 aromatic rings. The Bertz CT molecular complexity index is 1490. The molecule has 0 spiro atoms. The van der Waals surface area contributed by atoms with Crippen LogP contribution in [0, 0.1) is 0 Å². The number of allylic oxidation sites excluding steroid dienone is 20. The van der Waals surface area contributed by atoms with Crippen molar-refractivity contribution >= 4 is 17.9 Å². The number of carbonyl (C=O) groups excluding carboxylic acids is 3. The fraction of sp³-hybridized carbons (Fsp3) is 0.641. The van der Waals surface area contributed by atoms with E-state index < -0.39 is 6.10 Å². The maximum atomic E-state index is 12.8. The number of rotatable bonds is 50. The molecule has 0 aromatic carbocycles. The highest BCUT2D eigenvalue weighted by Crippen LogP contribution is 2.15. The molecule has 6 heteroatoms. The average Bonchev–Trinajstić information content (AvgIpc) is 3.36. The van der Waals surface area contributed by atoms with Crippen molar-refractivity contribution < 1.29 is 28.6 Å². The second-order valence-corrected chi connectivity index (χ2v) is 18.4. The Labute approximate surface area is 431 Å². The van der Waals surface area contributed by atoms with Gasteiger partial charge in [0.25, 0.3) is 0 Å². The summed E-state index contributed by atoms with van der Waals surface area (Å²) in [5.74, 6) is -1.01. The van der Waals surface area contributed by atoms with Crippen LogP contribution in [0.15, 0.2) is 122 Å². The van der Waals surface area contributed by atoms with E-state index in [1.54, 1.807) is 0 Å². The van der Waals surface area contributed by atoms with Crippen LogP contribution in [0.5, 0.6) is 0 Å². The van der Waals surface area contributed by atoms with Gasteiger partial charge < -0.3 is 14.2 Å². The van der Waals surface area contributed by atoms with Gasteiger partial charge in [-0.15, -0.1) is 0 Å². The van der Waals surface area contributed by atoms with Gasteiger partial charge in [0.1, 0.15) is 13.2 Å². The molecule has 396 valence electrons. The van der Waals surface area contributed by atoms with Gasteiger partial charge in [0.2, 0.25) is 0 Å². The minimum Gasteiger partial charge on any atom is -0.462 e. The van der Waals surface area contributed by atoms with Crippen LogP contribution in [0.3, 0.4) is 0 Å². The van der Waals surface area contributed by atoms with Gasteiger partial charge in [0.15, 0.2) is 6.10 Å².